The highest BCUT2D eigenvalue weighted by molar-refractivity contribution is 7.91. The summed E-state index contributed by atoms with van der Waals surface area (Å²) in [5.41, 5.74) is 1.04. The van der Waals surface area contributed by atoms with Gasteiger partial charge in [0.15, 0.2) is 15.8 Å². The smallest absolute Gasteiger partial charge is 0.190 e. The van der Waals surface area contributed by atoms with Crippen LogP contribution in [0.25, 0.3) is 0 Å². The average molecular weight is 283 g/mol. The Bertz CT molecular complexity index is 536. The molecular formula is C13H21N3O2S. The number of aryl methyl sites for hydroxylation is 1. The lowest BCUT2D eigenvalue weighted by molar-refractivity contribution is 0.584. The second-order valence-corrected chi connectivity index (χ2v) is 6.50. The van der Waals surface area contributed by atoms with Crippen LogP contribution < -0.4 is 10.6 Å². The molecule has 106 valence electrons. The second-order valence-electron chi connectivity index (χ2n) is 4.46. The number of aliphatic imine (C=N–C) groups is 1. The number of sulfone groups is 1. The minimum Gasteiger partial charge on any atom is -0.359 e. The number of benzene rings is 1. The lowest BCUT2D eigenvalue weighted by Crippen LogP contribution is -2.43. The molecule has 1 unspecified atom stereocenters. The SMILES string of the molecule is CN=C(NC)NC(C)CS(=O)(=O)c1ccc(C)cc1. The van der Waals surface area contributed by atoms with Gasteiger partial charge in [0.25, 0.3) is 0 Å². The van der Waals surface area contributed by atoms with Crippen LogP contribution >= 0.6 is 0 Å². The van der Waals surface area contributed by atoms with Crippen molar-refractivity contribution >= 4 is 15.8 Å². The Hall–Kier alpha value is -1.56. The zero-order chi connectivity index (χ0) is 14.5. The number of rotatable bonds is 4. The molecule has 0 heterocycles. The molecule has 0 aliphatic rings. The molecule has 0 saturated heterocycles. The van der Waals surface area contributed by atoms with Gasteiger partial charge in [-0.15, -0.1) is 0 Å². The van der Waals surface area contributed by atoms with E-state index in [9.17, 15) is 8.42 Å². The number of nitrogens with one attached hydrogen (secondary N) is 2. The van der Waals surface area contributed by atoms with Crippen molar-refractivity contribution in [3.05, 3.63) is 29.8 Å². The molecule has 0 amide bonds. The highest BCUT2D eigenvalue weighted by Crippen LogP contribution is 2.13. The average Bonchev–Trinajstić information content (AvgIpc) is 2.35. The van der Waals surface area contributed by atoms with Gasteiger partial charge in [-0.3, -0.25) is 4.99 Å². The lowest BCUT2D eigenvalue weighted by atomic mass is 10.2. The third-order valence-electron chi connectivity index (χ3n) is 2.69. The van der Waals surface area contributed by atoms with E-state index in [1.807, 2.05) is 13.8 Å². The minimum absolute atomic E-state index is 0.0246. The summed E-state index contributed by atoms with van der Waals surface area (Å²) in [5.74, 6) is 0.600. The van der Waals surface area contributed by atoms with Crippen molar-refractivity contribution < 1.29 is 8.42 Å². The van der Waals surface area contributed by atoms with E-state index in [1.165, 1.54) is 0 Å². The van der Waals surface area contributed by atoms with Crippen LogP contribution in [0.1, 0.15) is 12.5 Å². The second kappa shape index (κ2) is 6.56. The van der Waals surface area contributed by atoms with Gasteiger partial charge in [-0.05, 0) is 26.0 Å². The first-order valence-electron chi connectivity index (χ1n) is 6.09. The van der Waals surface area contributed by atoms with Crippen molar-refractivity contribution in [2.75, 3.05) is 19.8 Å². The molecule has 0 saturated carbocycles. The molecule has 0 fully saturated rings. The van der Waals surface area contributed by atoms with E-state index in [1.54, 1.807) is 38.4 Å². The van der Waals surface area contributed by atoms with Crippen molar-refractivity contribution in [3.8, 4) is 0 Å². The number of guanidine groups is 1. The predicted molar refractivity (Wildman–Crippen MR) is 78.2 cm³/mol. The maximum Gasteiger partial charge on any atom is 0.190 e. The van der Waals surface area contributed by atoms with Gasteiger partial charge in [0.1, 0.15) is 0 Å². The lowest BCUT2D eigenvalue weighted by Gasteiger charge is -2.16. The summed E-state index contributed by atoms with van der Waals surface area (Å²) in [6, 6.07) is 6.67. The summed E-state index contributed by atoms with van der Waals surface area (Å²) in [6.07, 6.45) is 0. The zero-order valence-electron chi connectivity index (χ0n) is 11.8. The summed E-state index contributed by atoms with van der Waals surface area (Å²) in [6.45, 7) is 3.74. The fourth-order valence-corrected chi connectivity index (χ4v) is 3.18. The Balaban J connectivity index is 2.77. The van der Waals surface area contributed by atoms with Crippen molar-refractivity contribution in [1.82, 2.24) is 10.6 Å². The van der Waals surface area contributed by atoms with Crippen molar-refractivity contribution in [1.29, 1.82) is 0 Å². The van der Waals surface area contributed by atoms with Gasteiger partial charge < -0.3 is 10.6 Å². The van der Waals surface area contributed by atoms with Crippen LogP contribution in [0, 0.1) is 6.92 Å². The van der Waals surface area contributed by atoms with Gasteiger partial charge in [0.2, 0.25) is 0 Å². The number of hydrogen-bond donors (Lipinski definition) is 2. The van der Waals surface area contributed by atoms with Gasteiger partial charge in [0.05, 0.1) is 10.6 Å². The molecule has 0 bridgehead atoms. The molecule has 6 heteroatoms. The first-order chi connectivity index (χ1) is 8.89. The third-order valence-corrected chi connectivity index (χ3v) is 4.62. The molecule has 1 aromatic rings. The maximum absolute atomic E-state index is 12.2. The molecular weight excluding hydrogens is 262 g/mol. The van der Waals surface area contributed by atoms with Crippen molar-refractivity contribution in [2.45, 2.75) is 24.8 Å². The van der Waals surface area contributed by atoms with Gasteiger partial charge >= 0.3 is 0 Å². The van der Waals surface area contributed by atoms with E-state index < -0.39 is 9.84 Å². The van der Waals surface area contributed by atoms with Crippen LogP contribution in [-0.2, 0) is 9.84 Å². The molecule has 1 rings (SSSR count). The molecule has 19 heavy (non-hydrogen) atoms. The summed E-state index contributed by atoms with van der Waals surface area (Å²) in [7, 11) is 0.0880. The van der Waals surface area contributed by atoms with E-state index >= 15 is 0 Å². The van der Waals surface area contributed by atoms with Crippen LogP contribution in [0.4, 0.5) is 0 Å². The van der Waals surface area contributed by atoms with E-state index in [-0.39, 0.29) is 11.8 Å². The quantitative estimate of drug-likeness (QED) is 0.637. The standard InChI is InChI=1S/C13H21N3O2S/c1-10-5-7-12(8-6-10)19(17,18)9-11(2)16-13(14-3)15-4/h5-8,11H,9H2,1-4H3,(H2,14,15,16). The molecule has 0 aromatic heterocycles. The van der Waals surface area contributed by atoms with E-state index in [2.05, 4.69) is 15.6 Å². The summed E-state index contributed by atoms with van der Waals surface area (Å²) < 4.78 is 24.4. The Labute approximate surface area is 115 Å². The Morgan fingerprint density at radius 1 is 1.32 bits per heavy atom. The van der Waals surface area contributed by atoms with Gasteiger partial charge in [-0.2, -0.15) is 0 Å². The summed E-state index contributed by atoms with van der Waals surface area (Å²) >= 11 is 0. The molecule has 0 aliphatic carbocycles. The number of nitrogens with zero attached hydrogens (tertiary/aromatic N) is 1. The Morgan fingerprint density at radius 3 is 2.37 bits per heavy atom. The Morgan fingerprint density at radius 2 is 1.89 bits per heavy atom. The first kappa shape index (κ1) is 15.5. The molecule has 0 radical (unpaired) electrons. The van der Waals surface area contributed by atoms with E-state index in [0.717, 1.165) is 5.56 Å². The summed E-state index contributed by atoms with van der Waals surface area (Å²) in [5, 5.41) is 5.87. The Kier molecular flexibility index (Phi) is 5.35. The minimum atomic E-state index is -3.28. The molecule has 0 spiro atoms. The van der Waals surface area contributed by atoms with Crippen LogP contribution in [0.2, 0.25) is 0 Å². The fourth-order valence-electron chi connectivity index (χ4n) is 1.69. The highest BCUT2D eigenvalue weighted by Gasteiger charge is 2.18. The molecule has 1 atom stereocenters. The normalized spacial score (nSPS) is 14.0. The van der Waals surface area contributed by atoms with Crippen LogP contribution in [0.5, 0.6) is 0 Å². The molecule has 0 aliphatic heterocycles. The molecule has 5 nitrogen and oxygen atoms in total. The maximum atomic E-state index is 12.2. The third kappa shape index (κ3) is 4.55. The van der Waals surface area contributed by atoms with E-state index in [4.69, 9.17) is 0 Å². The zero-order valence-corrected chi connectivity index (χ0v) is 12.6. The first-order valence-corrected chi connectivity index (χ1v) is 7.74. The van der Waals surface area contributed by atoms with Crippen molar-refractivity contribution in [3.63, 3.8) is 0 Å². The van der Waals surface area contributed by atoms with Crippen LogP contribution in [0.3, 0.4) is 0 Å². The van der Waals surface area contributed by atoms with Crippen LogP contribution in [0.15, 0.2) is 34.2 Å². The molecule has 1 aromatic carbocycles. The number of hydrogen-bond acceptors (Lipinski definition) is 3. The van der Waals surface area contributed by atoms with Crippen molar-refractivity contribution in [2.24, 2.45) is 4.99 Å². The highest BCUT2D eigenvalue weighted by atomic mass is 32.2. The van der Waals surface area contributed by atoms with Crippen LogP contribution in [-0.4, -0.2) is 40.3 Å². The summed E-state index contributed by atoms with van der Waals surface area (Å²) in [4.78, 5) is 4.31. The topological polar surface area (TPSA) is 70.6 Å². The van der Waals surface area contributed by atoms with Gasteiger partial charge in [-0.25, -0.2) is 8.42 Å². The fraction of sp³-hybridized carbons (Fsp3) is 0.462. The van der Waals surface area contributed by atoms with Gasteiger partial charge in [-0.1, -0.05) is 17.7 Å². The largest absolute Gasteiger partial charge is 0.359 e. The monoisotopic (exact) mass is 283 g/mol. The van der Waals surface area contributed by atoms with Gasteiger partial charge in [0, 0.05) is 20.1 Å². The predicted octanol–water partition coefficient (Wildman–Crippen LogP) is 0.952. The molecule has 2 N–H and O–H groups in total. The van der Waals surface area contributed by atoms with E-state index in [0.29, 0.717) is 10.9 Å².